The average molecular weight is 301 g/mol. The SMILES string of the molecule is COC(=O)[C@@H]1[C@H](NC(=O)OCc2ccccc2)[C@@H]2C=C[C@H]1C2. The fourth-order valence-corrected chi connectivity index (χ4v) is 3.38. The van der Waals surface area contributed by atoms with Gasteiger partial charge in [-0.05, 0) is 23.8 Å². The molecule has 0 aromatic heterocycles. The van der Waals surface area contributed by atoms with Crippen molar-refractivity contribution in [1.29, 1.82) is 0 Å². The van der Waals surface area contributed by atoms with Gasteiger partial charge in [-0.2, -0.15) is 0 Å². The van der Waals surface area contributed by atoms with Gasteiger partial charge in [0.1, 0.15) is 6.61 Å². The molecule has 0 saturated heterocycles. The van der Waals surface area contributed by atoms with Crippen molar-refractivity contribution >= 4 is 12.1 Å². The zero-order chi connectivity index (χ0) is 15.5. The number of rotatable bonds is 4. The molecule has 2 bridgehead atoms. The second kappa shape index (κ2) is 6.22. The molecule has 5 nitrogen and oxygen atoms in total. The lowest BCUT2D eigenvalue weighted by atomic mass is 9.89. The molecule has 0 unspecified atom stereocenters. The molecule has 0 aliphatic heterocycles. The van der Waals surface area contributed by atoms with Crippen LogP contribution in [0.5, 0.6) is 0 Å². The summed E-state index contributed by atoms with van der Waals surface area (Å²) in [5.74, 6) is -0.260. The molecule has 1 aromatic carbocycles. The van der Waals surface area contributed by atoms with Crippen molar-refractivity contribution in [2.75, 3.05) is 7.11 Å². The number of alkyl carbamates (subject to hydrolysis) is 1. The number of hydrogen-bond acceptors (Lipinski definition) is 4. The Morgan fingerprint density at radius 3 is 2.64 bits per heavy atom. The van der Waals surface area contributed by atoms with E-state index in [-0.39, 0.29) is 36.4 Å². The summed E-state index contributed by atoms with van der Waals surface area (Å²) in [5, 5.41) is 2.83. The first-order valence-electron chi connectivity index (χ1n) is 7.42. The van der Waals surface area contributed by atoms with Gasteiger partial charge < -0.3 is 14.8 Å². The number of esters is 1. The average Bonchev–Trinajstić information content (AvgIpc) is 3.14. The standard InChI is InChI=1S/C17H19NO4/c1-21-16(19)14-12-7-8-13(9-12)15(14)18-17(20)22-10-11-5-3-2-4-6-11/h2-8,12-15H,9-10H2,1H3,(H,18,20)/t12-,13+,14-,15+/m0/s1. The van der Waals surface area contributed by atoms with E-state index < -0.39 is 6.09 Å². The molecule has 5 heteroatoms. The predicted molar refractivity (Wildman–Crippen MR) is 79.8 cm³/mol. The van der Waals surface area contributed by atoms with Crippen LogP contribution in [-0.4, -0.2) is 25.2 Å². The van der Waals surface area contributed by atoms with Gasteiger partial charge >= 0.3 is 12.1 Å². The Morgan fingerprint density at radius 2 is 1.91 bits per heavy atom. The van der Waals surface area contributed by atoms with Crippen LogP contribution < -0.4 is 5.32 Å². The number of ether oxygens (including phenoxy) is 2. The molecule has 1 fully saturated rings. The van der Waals surface area contributed by atoms with Crippen molar-refractivity contribution < 1.29 is 19.1 Å². The van der Waals surface area contributed by atoms with E-state index in [9.17, 15) is 9.59 Å². The monoisotopic (exact) mass is 301 g/mol. The van der Waals surface area contributed by atoms with Crippen LogP contribution >= 0.6 is 0 Å². The van der Waals surface area contributed by atoms with E-state index in [0.29, 0.717) is 0 Å². The zero-order valence-electron chi connectivity index (χ0n) is 12.4. The lowest BCUT2D eigenvalue weighted by Gasteiger charge is -2.26. The second-order valence-electron chi connectivity index (χ2n) is 5.73. The van der Waals surface area contributed by atoms with E-state index in [0.717, 1.165) is 12.0 Å². The van der Waals surface area contributed by atoms with Crippen LogP contribution in [0.4, 0.5) is 4.79 Å². The minimum Gasteiger partial charge on any atom is -0.469 e. The van der Waals surface area contributed by atoms with Gasteiger partial charge in [0.25, 0.3) is 0 Å². The van der Waals surface area contributed by atoms with Crippen molar-refractivity contribution in [3.8, 4) is 0 Å². The summed E-state index contributed by atoms with van der Waals surface area (Å²) in [4.78, 5) is 23.9. The van der Waals surface area contributed by atoms with Crippen LogP contribution in [-0.2, 0) is 20.9 Å². The molecule has 1 saturated carbocycles. The predicted octanol–water partition coefficient (Wildman–Crippen LogP) is 2.28. The molecule has 3 rings (SSSR count). The summed E-state index contributed by atoms with van der Waals surface area (Å²) in [6.07, 6.45) is 4.48. The number of benzene rings is 1. The number of allylic oxidation sites excluding steroid dienone is 1. The molecule has 22 heavy (non-hydrogen) atoms. The van der Waals surface area contributed by atoms with Crippen molar-refractivity contribution in [2.24, 2.45) is 17.8 Å². The van der Waals surface area contributed by atoms with E-state index in [2.05, 4.69) is 11.4 Å². The van der Waals surface area contributed by atoms with Crippen molar-refractivity contribution in [3.63, 3.8) is 0 Å². The van der Waals surface area contributed by atoms with Crippen LogP contribution in [0.15, 0.2) is 42.5 Å². The van der Waals surface area contributed by atoms with Gasteiger partial charge in [0.2, 0.25) is 0 Å². The first-order chi connectivity index (χ1) is 10.7. The highest BCUT2D eigenvalue weighted by Crippen LogP contribution is 2.44. The lowest BCUT2D eigenvalue weighted by Crippen LogP contribution is -2.46. The fraction of sp³-hybridized carbons (Fsp3) is 0.412. The Hall–Kier alpha value is -2.30. The first kappa shape index (κ1) is 14.6. The summed E-state index contributed by atoms with van der Waals surface area (Å²) < 4.78 is 10.1. The topological polar surface area (TPSA) is 64.6 Å². The van der Waals surface area contributed by atoms with Gasteiger partial charge in [-0.1, -0.05) is 42.5 Å². The highest BCUT2D eigenvalue weighted by atomic mass is 16.5. The minimum absolute atomic E-state index is 0.150. The highest BCUT2D eigenvalue weighted by molar-refractivity contribution is 5.77. The number of amides is 1. The maximum absolute atomic E-state index is 12.0. The maximum Gasteiger partial charge on any atom is 0.407 e. The maximum atomic E-state index is 12.0. The molecule has 2 aliphatic rings. The normalized spacial score (nSPS) is 28.4. The molecular weight excluding hydrogens is 282 g/mol. The molecule has 0 spiro atoms. The molecule has 116 valence electrons. The Bertz CT molecular complexity index is 584. The van der Waals surface area contributed by atoms with Crippen molar-refractivity contribution in [1.82, 2.24) is 5.32 Å². The first-order valence-corrected chi connectivity index (χ1v) is 7.42. The van der Waals surface area contributed by atoms with E-state index in [1.165, 1.54) is 7.11 Å². The van der Waals surface area contributed by atoms with Crippen LogP contribution in [0.2, 0.25) is 0 Å². The minimum atomic E-state index is -0.497. The highest BCUT2D eigenvalue weighted by Gasteiger charge is 2.49. The van der Waals surface area contributed by atoms with Gasteiger partial charge in [-0.3, -0.25) is 4.79 Å². The Morgan fingerprint density at radius 1 is 1.18 bits per heavy atom. The molecule has 1 amide bonds. The molecule has 1 aromatic rings. The van der Waals surface area contributed by atoms with Crippen molar-refractivity contribution in [3.05, 3.63) is 48.0 Å². The van der Waals surface area contributed by atoms with E-state index in [1.54, 1.807) is 0 Å². The van der Waals surface area contributed by atoms with Crippen LogP contribution in [0.3, 0.4) is 0 Å². The van der Waals surface area contributed by atoms with Gasteiger partial charge in [0.05, 0.1) is 19.1 Å². The largest absolute Gasteiger partial charge is 0.469 e. The van der Waals surface area contributed by atoms with Gasteiger partial charge in [-0.25, -0.2) is 4.79 Å². The zero-order valence-corrected chi connectivity index (χ0v) is 12.4. The van der Waals surface area contributed by atoms with E-state index in [4.69, 9.17) is 9.47 Å². The van der Waals surface area contributed by atoms with Crippen LogP contribution in [0.25, 0.3) is 0 Å². The third-order valence-corrected chi connectivity index (χ3v) is 4.43. The van der Waals surface area contributed by atoms with E-state index in [1.807, 2.05) is 36.4 Å². The summed E-state index contributed by atoms with van der Waals surface area (Å²) in [6.45, 7) is 0.215. The quantitative estimate of drug-likeness (QED) is 0.684. The number of hydrogen-bond donors (Lipinski definition) is 1. The number of fused-ring (bicyclic) bond motifs is 2. The van der Waals surface area contributed by atoms with Crippen molar-refractivity contribution in [2.45, 2.75) is 19.1 Å². The molecule has 0 radical (unpaired) electrons. The Labute approximate surface area is 129 Å². The molecule has 1 N–H and O–H groups in total. The number of nitrogens with one attached hydrogen (secondary N) is 1. The van der Waals surface area contributed by atoms with Crippen LogP contribution in [0.1, 0.15) is 12.0 Å². The lowest BCUT2D eigenvalue weighted by molar-refractivity contribution is -0.147. The van der Waals surface area contributed by atoms with Crippen LogP contribution in [0, 0.1) is 17.8 Å². The van der Waals surface area contributed by atoms with E-state index >= 15 is 0 Å². The number of carbonyl (C=O) groups is 2. The molecule has 2 aliphatic carbocycles. The molecular formula is C17H19NO4. The van der Waals surface area contributed by atoms with Gasteiger partial charge in [0.15, 0.2) is 0 Å². The Balaban J connectivity index is 1.58. The fourth-order valence-electron chi connectivity index (χ4n) is 3.38. The molecule has 0 heterocycles. The number of methoxy groups -OCH3 is 1. The van der Waals surface area contributed by atoms with Gasteiger partial charge in [0, 0.05) is 0 Å². The third-order valence-electron chi connectivity index (χ3n) is 4.43. The Kier molecular flexibility index (Phi) is 4.13. The van der Waals surface area contributed by atoms with Gasteiger partial charge in [-0.15, -0.1) is 0 Å². The molecule has 4 atom stereocenters. The number of carbonyl (C=O) groups excluding carboxylic acids is 2. The summed E-state index contributed by atoms with van der Waals surface area (Å²) in [5.41, 5.74) is 0.926. The summed E-state index contributed by atoms with van der Waals surface area (Å²) >= 11 is 0. The second-order valence-corrected chi connectivity index (χ2v) is 5.73. The summed E-state index contributed by atoms with van der Waals surface area (Å²) in [6, 6.07) is 9.24. The summed E-state index contributed by atoms with van der Waals surface area (Å²) in [7, 11) is 1.38. The third kappa shape index (κ3) is 2.84. The smallest absolute Gasteiger partial charge is 0.407 e.